The number of benzene rings is 1. The number of ether oxygens (including phenoxy) is 1. The zero-order chi connectivity index (χ0) is 21.0. The molecule has 0 aliphatic carbocycles. The number of nitrogens with zero attached hydrogens (tertiary/aromatic N) is 1. The van der Waals surface area contributed by atoms with Gasteiger partial charge in [-0.3, -0.25) is 14.9 Å². The van der Waals surface area contributed by atoms with Crippen LogP contribution in [0.4, 0.5) is 0 Å². The lowest BCUT2D eigenvalue weighted by atomic mass is 9.96. The molecule has 29 heavy (non-hydrogen) atoms. The molecule has 0 bridgehead atoms. The predicted octanol–water partition coefficient (Wildman–Crippen LogP) is 2.62. The largest absolute Gasteiger partial charge is 0.457 e. The number of nitriles is 1. The number of terminal acetylenes is 1. The van der Waals surface area contributed by atoms with Crippen LogP contribution in [0.15, 0.2) is 57.5 Å². The Morgan fingerprint density at radius 2 is 2.07 bits per heavy atom. The van der Waals surface area contributed by atoms with E-state index >= 15 is 0 Å². The van der Waals surface area contributed by atoms with Gasteiger partial charge in [-0.05, 0) is 42.8 Å². The fraction of sp³-hybridized carbons (Fsp3) is 0.0909. The van der Waals surface area contributed by atoms with Crippen LogP contribution in [-0.2, 0) is 14.3 Å². The van der Waals surface area contributed by atoms with Crippen LogP contribution in [0.2, 0.25) is 0 Å². The van der Waals surface area contributed by atoms with Crippen molar-refractivity contribution < 1.29 is 23.5 Å². The summed E-state index contributed by atoms with van der Waals surface area (Å²) in [6.07, 6.45) is 6.53. The Kier molecular flexibility index (Phi) is 5.43. The summed E-state index contributed by atoms with van der Waals surface area (Å²) in [6, 6.07) is 11.7. The number of hydrogen-bond donors (Lipinski definition) is 1. The van der Waals surface area contributed by atoms with Crippen LogP contribution in [0.5, 0.6) is 0 Å². The first-order chi connectivity index (χ1) is 13.9. The number of carbonyl (C=O) groups is 3. The van der Waals surface area contributed by atoms with Crippen molar-refractivity contribution in [2.45, 2.75) is 6.92 Å². The van der Waals surface area contributed by atoms with Crippen LogP contribution in [0.3, 0.4) is 0 Å². The van der Waals surface area contributed by atoms with Crippen LogP contribution >= 0.6 is 0 Å². The minimum Gasteiger partial charge on any atom is -0.457 e. The van der Waals surface area contributed by atoms with Gasteiger partial charge in [0.1, 0.15) is 23.2 Å². The molecule has 0 atom stereocenters. The van der Waals surface area contributed by atoms with E-state index in [0.29, 0.717) is 22.6 Å². The van der Waals surface area contributed by atoms with E-state index in [1.54, 1.807) is 42.5 Å². The van der Waals surface area contributed by atoms with E-state index < -0.39 is 17.8 Å². The molecule has 1 aliphatic rings. The van der Waals surface area contributed by atoms with Crippen LogP contribution in [-0.4, -0.2) is 24.4 Å². The van der Waals surface area contributed by atoms with Gasteiger partial charge < -0.3 is 9.15 Å². The molecule has 1 aromatic carbocycles. The second kappa shape index (κ2) is 8.12. The molecule has 1 N–H and O–H groups in total. The van der Waals surface area contributed by atoms with Crippen LogP contribution in [0.25, 0.3) is 17.4 Å². The van der Waals surface area contributed by atoms with Crippen molar-refractivity contribution in [1.82, 2.24) is 5.32 Å². The quantitative estimate of drug-likeness (QED) is 0.374. The molecule has 3 rings (SSSR count). The third kappa shape index (κ3) is 4.00. The zero-order valence-electron chi connectivity index (χ0n) is 15.3. The Morgan fingerprint density at radius 1 is 1.28 bits per heavy atom. The highest BCUT2D eigenvalue weighted by atomic mass is 16.5. The Hall–Kier alpha value is -4.36. The first kappa shape index (κ1) is 19.4. The van der Waals surface area contributed by atoms with Gasteiger partial charge >= 0.3 is 5.97 Å². The highest BCUT2D eigenvalue weighted by Crippen LogP contribution is 2.27. The van der Waals surface area contributed by atoms with Crippen LogP contribution in [0.1, 0.15) is 23.0 Å². The summed E-state index contributed by atoms with van der Waals surface area (Å²) in [4.78, 5) is 35.7. The fourth-order valence-corrected chi connectivity index (χ4v) is 2.73. The van der Waals surface area contributed by atoms with Crippen LogP contribution in [0, 0.1) is 23.7 Å². The molecular weight excluding hydrogens is 372 g/mol. The molecule has 1 aromatic heterocycles. The van der Waals surface area contributed by atoms with Gasteiger partial charge in [-0.2, -0.15) is 5.26 Å². The van der Waals surface area contributed by atoms with Gasteiger partial charge in [-0.15, -0.1) is 6.42 Å². The molecule has 2 heterocycles. The molecule has 7 heteroatoms. The minimum absolute atomic E-state index is 0.121. The number of nitrogens with one attached hydrogen (secondary N) is 1. The van der Waals surface area contributed by atoms with E-state index in [9.17, 15) is 14.4 Å². The van der Waals surface area contributed by atoms with Crippen molar-refractivity contribution in [2.75, 3.05) is 6.61 Å². The van der Waals surface area contributed by atoms with E-state index in [-0.39, 0.29) is 23.3 Å². The molecule has 1 aliphatic heterocycles. The summed E-state index contributed by atoms with van der Waals surface area (Å²) in [5.41, 5.74) is 1.25. The Bertz CT molecular complexity index is 1170. The lowest BCUT2D eigenvalue weighted by Crippen LogP contribution is -2.37. The van der Waals surface area contributed by atoms with Crippen LogP contribution < -0.4 is 5.32 Å². The number of hydrogen-bond acceptors (Lipinski definition) is 6. The molecule has 0 fully saturated rings. The van der Waals surface area contributed by atoms with Crippen molar-refractivity contribution in [3.63, 3.8) is 0 Å². The molecule has 0 unspecified atom stereocenters. The van der Waals surface area contributed by atoms with Gasteiger partial charge in [-0.1, -0.05) is 18.1 Å². The zero-order valence-corrected chi connectivity index (χ0v) is 15.3. The van der Waals surface area contributed by atoms with E-state index in [4.69, 9.17) is 20.8 Å². The second-order valence-electron chi connectivity index (χ2n) is 6.02. The number of imide groups is 1. The van der Waals surface area contributed by atoms with E-state index in [1.807, 2.05) is 0 Å². The Morgan fingerprint density at radius 3 is 2.79 bits per heavy atom. The number of amides is 2. The first-order valence-electron chi connectivity index (χ1n) is 8.44. The lowest BCUT2D eigenvalue weighted by Gasteiger charge is -2.15. The normalized spacial score (nSPS) is 14.9. The highest BCUT2D eigenvalue weighted by molar-refractivity contribution is 6.19. The Labute approximate surface area is 166 Å². The van der Waals surface area contributed by atoms with Gasteiger partial charge in [0.05, 0.1) is 5.56 Å². The average Bonchev–Trinajstić information content (AvgIpc) is 3.18. The van der Waals surface area contributed by atoms with Crippen molar-refractivity contribution in [3.05, 3.63) is 64.4 Å². The molecule has 2 amide bonds. The monoisotopic (exact) mass is 386 g/mol. The molecule has 0 spiro atoms. The molecule has 0 radical (unpaired) electrons. The van der Waals surface area contributed by atoms with Gasteiger partial charge in [0.2, 0.25) is 0 Å². The highest BCUT2D eigenvalue weighted by Gasteiger charge is 2.27. The first-order valence-corrected chi connectivity index (χ1v) is 8.44. The topological polar surface area (TPSA) is 109 Å². The molecule has 7 nitrogen and oxygen atoms in total. The molecule has 2 aromatic rings. The molecule has 0 saturated carbocycles. The summed E-state index contributed by atoms with van der Waals surface area (Å²) in [6.45, 7) is 1.40. The van der Waals surface area contributed by atoms with Crippen molar-refractivity contribution >= 4 is 23.9 Å². The number of rotatable bonds is 4. The molecule has 0 saturated heterocycles. The van der Waals surface area contributed by atoms with Crippen molar-refractivity contribution in [3.8, 4) is 29.7 Å². The predicted molar refractivity (Wildman–Crippen MR) is 103 cm³/mol. The molecule has 142 valence electrons. The summed E-state index contributed by atoms with van der Waals surface area (Å²) in [5.74, 6) is 1.15. The fourth-order valence-electron chi connectivity index (χ4n) is 2.73. The number of carbonyl (C=O) groups excluding carboxylic acids is 3. The Balaban J connectivity index is 1.92. The minimum atomic E-state index is -0.721. The molecular formula is C22H14N2O5. The smallest absolute Gasteiger partial charge is 0.339 e. The second-order valence-corrected chi connectivity index (χ2v) is 6.02. The lowest BCUT2D eigenvalue weighted by molar-refractivity contribution is -0.126. The summed E-state index contributed by atoms with van der Waals surface area (Å²) in [5, 5.41) is 11.2. The van der Waals surface area contributed by atoms with Gasteiger partial charge in [0.25, 0.3) is 11.8 Å². The van der Waals surface area contributed by atoms with E-state index in [0.717, 1.165) is 0 Å². The average molecular weight is 386 g/mol. The maximum absolute atomic E-state index is 12.1. The summed E-state index contributed by atoms with van der Waals surface area (Å²) in [7, 11) is 0. The standard InChI is InChI=1S/C22H14N2O5/c1-3-9-28-22(27)15-6-4-5-14(10-15)19-8-7-16(29-19)11-17-13(2)18(12-23)21(26)24-20(17)25/h1,4-8,10-11H,9H2,2H3,(H,24,25,26). The van der Waals surface area contributed by atoms with Gasteiger partial charge in [0.15, 0.2) is 6.61 Å². The van der Waals surface area contributed by atoms with Crippen molar-refractivity contribution in [2.24, 2.45) is 0 Å². The SMILES string of the molecule is C#CCOC(=O)c1cccc(-c2ccc(C=C3C(=O)NC(=O)C(C#N)=C3C)o2)c1. The van der Waals surface area contributed by atoms with Gasteiger partial charge in [-0.25, -0.2) is 4.79 Å². The maximum Gasteiger partial charge on any atom is 0.339 e. The summed E-state index contributed by atoms with van der Waals surface area (Å²) < 4.78 is 10.7. The number of furan rings is 1. The van der Waals surface area contributed by atoms with E-state index in [2.05, 4.69) is 11.2 Å². The van der Waals surface area contributed by atoms with E-state index in [1.165, 1.54) is 13.0 Å². The summed E-state index contributed by atoms with van der Waals surface area (Å²) >= 11 is 0. The van der Waals surface area contributed by atoms with Crippen molar-refractivity contribution in [1.29, 1.82) is 5.26 Å². The third-order valence-electron chi connectivity index (χ3n) is 4.17. The third-order valence-corrected chi connectivity index (χ3v) is 4.17. The number of esters is 1. The van der Waals surface area contributed by atoms with Gasteiger partial charge in [0, 0.05) is 11.1 Å². The maximum atomic E-state index is 12.1.